The van der Waals surface area contributed by atoms with Crippen LogP contribution in [0.1, 0.15) is 12.1 Å². The summed E-state index contributed by atoms with van der Waals surface area (Å²) in [5.41, 5.74) is 3.66. The first kappa shape index (κ1) is 20.8. The van der Waals surface area contributed by atoms with E-state index in [9.17, 15) is 0 Å². The van der Waals surface area contributed by atoms with Gasteiger partial charge in [-0.1, -0.05) is 6.07 Å². The molecule has 0 radical (unpaired) electrons. The molecule has 1 aromatic carbocycles. The van der Waals surface area contributed by atoms with E-state index in [2.05, 4.69) is 58.3 Å². The molecule has 5 rings (SSSR count). The number of hydrogen-bond donors (Lipinski definition) is 4. The number of benzene rings is 1. The molecular weight excluding hydrogens is 414 g/mol. The first-order valence-electron chi connectivity index (χ1n) is 10.9. The first-order valence-corrected chi connectivity index (χ1v) is 10.9. The first-order chi connectivity index (χ1) is 16.2. The van der Waals surface area contributed by atoms with Crippen LogP contribution in [0, 0.1) is 6.92 Å². The Morgan fingerprint density at radius 3 is 2.39 bits per heavy atom. The predicted molar refractivity (Wildman–Crippen MR) is 130 cm³/mol. The summed E-state index contributed by atoms with van der Waals surface area (Å²) in [6, 6.07) is 18.0. The lowest BCUT2D eigenvalue weighted by molar-refractivity contribution is 0.793. The lowest BCUT2D eigenvalue weighted by Gasteiger charge is -2.13. The van der Waals surface area contributed by atoms with Crippen LogP contribution in [0.2, 0.25) is 0 Å². The third-order valence-electron chi connectivity index (χ3n) is 5.26. The van der Waals surface area contributed by atoms with Crippen LogP contribution in [0.5, 0.6) is 0 Å². The van der Waals surface area contributed by atoms with Crippen LogP contribution in [-0.2, 0) is 0 Å². The maximum absolute atomic E-state index is 4.57. The number of nitrogens with one attached hydrogen (secondary N) is 4. The van der Waals surface area contributed by atoms with Crippen molar-refractivity contribution in [2.45, 2.75) is 19.4 Å². The van der Waals surface area contributed by atoms with Gasteiger partial charge in [-0.05, 0) is 68.4 Å². The van der Waals surface area contributed by atoms with Crippen molar-refractivity contribution < 1.29 is 0 Å². The zero-order valence-electron chi connectivity index (χ0n) is 18.3. The Morgan fingerprint density at radius 2 is 1.61 bits per heavy atom. The van der Waals surface area contributed by atoms with E-state index < -0.39 is 0 Å². The topological polar surface area (TPSA) is 113 Å². The van der Waals surface area contributed by atoms with E-state index in [4.69, 9.17) is 0 Å². The van der Waals surface area contributed by atoms with Crippen molar-refractivity contribution in [1.82, 2.24) is 30.2 Å². The Morgan fingerprint density at radius 1 is 0.818 bits per heavy atom. The lowest BCUT2D eigenvalue weighted by Crippen LogP contribution is -2.21. The fourth-order valence-electron chi connectivity index (χ4n) is 3.63. The molecule has 166 valence electrons. The van der Waals surface area contributed by atoms with Crippen molar-refractivity contribution in [3.05, 3.63) is 72.7 Å². The summed E-state index contributed by atoms with van der Waals surface area (Å²) in [5, 5.41) is 13.4. The van der Waals surface area contributed by atoms with Gasteiger partial charge >= 0.3 is 0 Å². The van der Waals surface area contributed by atoms with Crippen LogP contribution in [0.25, 0.3) is 11.5 Å². The number of aromatic nitrogens is 5. The van der Waals surface area contributed by atoms with Gasteiger partial charge in [0, 0.05) is 42.0 Å². The van der Waals surface area contributed by atoms with Gasteiger partial charge in [0.05, 0.1) is 0 Å². The van der Waals surface area contributed by atoms with Gasteiger partial charge in [-0.25, -0.2) is 19.9 Å². The SMILES string of the molecule is Cc1cccc(-c2nccc(Nc3ccnc(Nc4ccc(N[C@@H]5CCNC5)cc4)n3)n2)n1. The van der Waals surface area contributed by atoms with E-state index >= 15 is 0 Å². The van der Waals surface area contributed by atoms with E-state index in [1.165, 1.54) is 0 Å². The summed E-state index contributed by atoms with van der Waals surface area (Å²) in [6.07, 6.45) is 4.54. The van der Waals surface area contributed by atoms with E-state index in [-0.39, 0.29) is 0 Å². The third kappa shape index (κ3) is 5.39. The molecule has 1 saturated heterocycles. The van der Waals surface area contributed by atoms with Crippen LogP contribution >= 0.6 is 0 Å². The highest BCUT2D eigenvalue weighted by molar-refractivity contribution is 5.61. The van der Waals surface area contributed by atoms with Gasteiger partial charge in [-0.3, -0.25) is 0 Å². The van der Waals surface area contributed by atoms with Crippen molar-refractivity contribution in [1.29, 1.82) is 0 Å². The minimum Gasteiger partial charge on any atom is -0.381 e. The van der Waals surface area contributed by atoms with Gasteiger partial charge in [0.2, 0.25) is 5.95 Å². The molecule has 9 nitrogen and oxygen atoms in total. The summed E-state index contributed by atoms with van der Waals surface area (Å²) in [6.45, 7) is 4.01. The molecule has 33 heavy (non-hydrogen) atoms. The highest BCUT2D eigenvalue weighted by Gasteiger charge is 2.13. The minimum absolute atomic E-state index is 0.485. The summed E-state index contributed by atoms with van der Waals surface area (Å²) in [7, 11) is 0. The van der Waals surface area contributed by atoms with E-state index in [0.717, 1.165) is 42.3 Å². The van der Waals surface area contributed by atoms with Crippen LogP contribution < -0.4 is 21.3 Å². The highest BCUT2D eigenvalue weighted by atomic mass is 15.2. The van der Waals surface area contributed by atoms with Crippen LogP contribution in [0.4, 0.5) is 29.0 Å². The molecule has 0 unspecified atom stereocenters. The monoisotopic (exact) mass is 439 g/mol. The van der Waals surface area contributed by atoms with Gasteiger partial charge < -0.3 is 21.3 Å². The molecule has 4 aromatic rings. The number of aryl methyl sites for hydroxylation is 1. The average Bonchev–Trinajstić information content (AvgIpc) is 3.34. The highest BCUT2D eigenvalue weighted by Crippen LogP contribution is 2.20. The largest absolute Gasteiger partial charge is 0.381 e. The van der Waals surface area contributed by atoms with Gasteiger partial charge in [0.1, 0.15) is 17.3 Å². The van der Waals surface area contributed by atoms with Crippen molar-refractivity contribution >= 4 is 29.0 Å². The Kier molecular flexibility index (Phi) is 6.03. The summed E-state index contributed by atoms with van der Waals surface area (Å²) in [4.78, 5) is 22.3. The fourth-order valence-corrected chi connectivity index (χ4v) is 3.63. The summed E-state index contributed by atoms with van der Waals surface area (Å²) in [5.74, 6) is 2.31. The fraction of sp³-hybridized carbons (Fsp3) is 0.208. The number of hydrogen-bond acceptors (Lipinski definition) is 9. The molecule has 1 aliphatic heterocycles. The Bertz CT molecular complexity index is 1220. The second-order valence-electron chi connectivity index (χ2n) is 7.86. The molecule has 0 bridgehead atoms. The van der Waals surface area contributed by atoms with Crippen LogP contribution in [0.3, 0.4) is 0 Å². The molecular formula is C24H25N9. The molecule has 4 heterocycles. The van der Waals surface area contributed by atoms with Gasteiger partial charge in [-0.2, -0.15) is 4.98 Å². The number of pyridine rings is 1. The molecule has 0 aliphatic carbocycles. The van der Waals surface area contributed by atoms with Crippen molar-refractivity contribution in [2.75, 3.05) is 29.0 Å². The second-order valence-corrected chi connectivity index (χ2v) is 7.86. The normalized spacial score (nSPS) is 15.2. The smallest absolute Gasteiger partial charge is 0.229 e. The molecule has 1 aliphatic rings. The predicted octanol–water partition coefficient (Wildman–Crippen LogP) is 3.90. The molecule has 3 aromatic heterocycles. The molecule has 1 atom stereocenters. The van der Waals surface area contributed by atoms with Crippen molar-refractivity contribution in [3.63, 3.8) is 0 Å². The number of rotatable bonds is 7. The van der Waals surface area contributed by atoms with Gasteiger partial charge in [0.25, 0.3) is 0 Å². The summed E-state index contributed by atoms with van der Waals surface area (Å²) < 4.78 is 0. The second kappa shape index (κ2) is 9.58. The van der Waals surface area contributed by atoms with Crippen molar-refractivity contribution in [3.8, 4) is 11.5 Å². The molecule has 0 saturated carbocycles. The number of anilines is 5. The van der Waals surface area contributed by atoms with E-state index in [1.54, 1.807) is 24.5 Å². The maximum atomic E-state index is 4.57. The zero-order chi connectivity index (χ0) is 22.5. The van der Waals surface area contributed by atoms with Gasteiger partial charge in [0.15, 0.2) is 5.82 Å². The molecule has 0 amide bonds. The minimum atomic E-state index is 0.485. The summed E-state index contributed by atoms with van der Waals surface area (Å²) >= 11 is 0. The Balaban J connectivity index is 1.25. The average molecular weight is 440 g/mol. The molecule has 9 heteroatoms. The number of nitrogens with zero attached hydrogens (tertiary/aromatic N) is 5. The Labute approximate surface area is 192 Å². The van der Waals surface area contributed by atoms with E-state index in [1.807, 2.05) is 37.3 Å². The Hall–Kier alpha value is -4.11. The van der Waals surface area contributed by atoms with Gasteiger partial charge in [-0.15, -0.1) is 0 Å². The molecule has 1 fully saturated rings. The third-order valence-corrected chi connectivity index (χ3v) is 5.26. The quantitative estimate of drug-likeness (QED) is 0.340. The molecule has 4 N–H and O–H groups in total. The van der Waals surface area contributed by atoms with Crippen LogP contribution in [0.15, 0.2) is 67.0 Å². The van der Waals surface area contributed by atoms with E-state index in [0.29, 0.717) is 29.5 Å². The maximum Gasteiger partial charge on any atom is 0.229 e. The van der Waals surface area contributed by atoms with Crippen LogP contribution in [-0.4, -0.2) is 44.1 Å². The zero-order valence-corrected chi connectivity index (χ0v) is 18.3. The standard InChI is InChI=1S/C24H25N9/c1-16-3-2-4-20(28-16)23-26-13-10-21(32-23)31-22-11-14-27-24(33-22)30-18-7-5-17(6-8-18)29-19-9-12-25-15-19/h2-8,10-11,13-14,19,25,29H,9,12,15H2,1H3,(H2,26,27,30,31,32,33)/t19-/m1/s1. The lowest BCUT2D eigenvalue weighted by atomic mass is 10.2. The van der Waals surface area contributed by atoms with Crippen molar-refractivity contribution in [2.24, 2.45) is 0 Å². The molecule has 0 spiro atoms.